The van der Waals surface area contributed by atoms with E-state index in [0.29, 0.717) is 15.9 Å². The van der Waals surface area contributed by atoms with E-state index in [2.05, 4.69) is 27.6 Å². The topological polar surface area (TPSA) is 91.3 Å². The summed E-state index contributed by atoms with van der Waals surface area (Å²) in [6.45, 7) is 0. The molecule has 0 aliphatic heterocycles. The molecule has 0 saturated carbocycles. The average molecular weight is 371 g/mol. The normalized spacial score (nSPS) is 10.2. The predicted octanol–water partition coefficient (Wildman–Crippen LogP) is 3.30. The molecule has 0 unspecified atom stereocenters. The van der Waals surface area contributed by atoms with Crippen molar-refractivity contribution < 1.29 is 9.66 Å². The molecular formula is C12H10IN3O3. The Labute approximate surface area is 122 Å². The van der Waals surface area contributed by atoms with E-state index < -0.39 is 4.92 Å². The highest BCUT2D eigenvalue weighted by atomic mass is 127. The number of nitro groups is 1. The van der Waals surface area contributed by atoms with Gasteiger partial charge in [-0.05, 0) is 17.7 Å². The van der Waals surface area contributed by atoms with Crippen molar-refractivity contribution in [2.45, 2.75) is 4.43 Å². The number of anilines is 1. The summed E-state index contributed by atoms with van der Waals surface area (Å²) in [5.74, 6) is 0.377. The zero-order valence-corrected chi connectivity index (χ0v) is 11.9. The van der Waals surface area contributed by atoms with Gasteiger partial charge in [0.15, 0.2) is 0 Å². The van der Waals surface area contributed by atoms with Crippen LogP contribution in [0.3, 0.4) is 0 Å². The Morgan fingerprint density at radius 3 is 2.84 bits per heavy atom. The van der Waals surface area contributed by atoms with Crippen molar-refractivity contribution in [1.29, 1.82) is 0 Å². The van der Waals surface area contributed by atoms with Gasteiger partial charge in [0, 0.05) is 28.4 Å². The Morgan fingerprint density at radius 1 is 1.42 bits per heavy atom. The summed E-state index contributed by atoms with van der Waals surface area (Å²) in [6, 6.07) is 8.11. The summed E-state index contributed by atoms with van der Waals surface area (Å²) in [6.07, 6.45) is 1.56. The molecule has 0 saturated heterocycles. The van der Waals surface area contributed by atoms with E-state index in [1.165, 1.54) is 6.07 Å². The van der Waals surface area contributed by atoms with Gasteiger partial charge in [0.2, 0.25) is 0 Å². The first-order valence-corrected chi connectivity index (χ1v) is 6.85. The molecule has 7 heteroatoms. The quantitative estimate of drug-likeness (QED) is 0.293. The maximum Gasteiger partial charge on any atom is 0.331 e. The Morgan fingerprint density at radius 2 is 2.21 bits per heavy atom. The van der Waals surface area contributed by atoms with E-state index >= 15 is 0 Å². The number of nitrogens with two attached hydrogens (primary N) is 1. The Hall–Kier alpha value is -1.90. The lowest BCUT2D eigenvalue weighted by atomic mass is 10.3. The number of nitrogen functional groups attached to an aromatic ring is 1. The van der Waals surface area contributed by atoms with Crippen LogP contribution in [0.15, 0.2) is 36.5 Å². The highest BCUT2D eigenvalue weighted by Gasteiger charge is 2.18. The minimum absolute atomic E-state index is 0.0378. The molecule has 98 valence electrons. The first kappa shape index (κ1) is 13.5. The van der Waals surface area contributed by atoms with Crippen molar-refractivity contribution >= 4 is 34.0 Å². The van der Waals surface area contributed by atoms with Gasteiger partial charge < -0.3 is 10.5 Å². The van der Waals surface area contributed by atoms with Gasteiger partial charge in [-0.2, -0.15) is 0 Å². The molecule has 2 rings (SSSR count). The summed E-state index contributed by atoms with van der Waals surface area (Å²) in [5, 5.41) is 11.0. The van der Waals surface area contributed by atoms with Crippen LogP contribution in [0, 0.1) is 10.1 Å². The van der Waals surface area contributed by atoms with Crippen LogP contribution in [0.5, 0.6) is 11.6 Å². The van der Waals surface area contributed by atoms with Crippen molar-refractivity contribution in [3.05, 3.63) is 52.2 Å². The molecule has 0 radical (unpaired) electrons. The van der Waals surface area contributed by atoms with Crippen molar-refractivity contribution in [3.8, 4) is 11.6 Å². The third-order valence-corrected chi connectivity index (χ3v) is 3.19. The number of pyridine rings is 1. The van der Waals surface area contributed by atoms with Gasteiger partial charge in [0.25, 0.3) is 5.88 Å². The van der Waals surface area contributed by atoms with Crippen molar-refractivity contribution in [2.24, 2.45) is 0 Å². The van der Waals surface area contributed by atoms with Crippen LogP contribution in [-0.4, -0.2) is 9.91 Å². The molecule has 0 amide bonds. The molecule has 1 aromatic carbocycles. The maximum atomic E-state index is 11.0. The second-order valence-electron chi connectivity index (χ2n) is 3.73. The minimum Gasteiger partial charge on any atom is -0.434 e. The van der Waals surface area contributed by atoms with Crippen LogP contribution in [0.1, 0.15) is 5.56 Å². The molecule has 0 fully saturated rings. The Kier molecular flexibility index (Phi) is 4.15. The summed E-state index contributed by atoms with van der Waals surface area (Å²) >= 11 is 2.11. The Bertz CT molecular complexity index is 619. The zero-order valence-electron chi connectivity index (χ0n) is 9.75. The van der Waals surface area contributed by atoms with Crippen LogP contribution in [0.25, 0.3) is 0 Å². The molecule has 0 atom stereocenters. The Balaban J connectivity index is 2.36. The van der Waals surface area contributed by atoms with Crippen LogP contribution in [-0.2, 0) is 4.43 Å². The lowest BCUT2D eigenvalue weighted by Crippen LogP contribution is -1.97. The van der Waals surface area contributed by atoms with Crippen molar-refractivity contribution in [2.75, 3.05) is 5.73 Å². The molecule has 2 aromatic rings. The fourth-order valence-corrected chi connectivity index (χ4v) is 1.87. The van der Waals surface area contributed by atoms with Gasteiger partial charge >= 0.3 is 5.69 Å². The van der Waals surface area contributed by atoms with E-state index in [-0.39, 0.29) is 11.6 Å². The number of alkyl halides is 1. The lowest BCUT2D eigenvalue weighted by molar-refractivity contribution is -0.386. The molecule has 1 aromatic heterocycles. The number of rotatable bonds is 4. The highest BCUT2D eigenvalue weighted by molar-refractivity contribution is 14.1. The third kappa shape index (κ3) is 3.31. The molecule has 6 nitrogen and oxygen atoms in total. The number of hydrogen-bond donors (Lipinski definition) is 1. The fraction of sp³-hybridized carbons (Fsp3) is 0.0833. The van der Waals surface area contributed by atoms with Gasteiger partial charge in [-0.25, -0.2) is 4.98 Å². The second kappa shape index (κ2) is 5.83. The van der Waals surface area contributed by atoms with Gasteiger partial charge in [-0.3, -0.25) is 10.1 Å². The average Bonchev–Trinajstić information content (AvgIpc) is 2.39. The van der Waals surface area contributed by atoms with E-state index in [1.54, 1.807) is 30.5 Å². The van der Waals surface area contributed by atoms with Crippen molar-refractivity contribution in [1.82, 2.24) is 4.98 Å². The number of hydrogen-bond acceptors (Lipinski definition) is 5. The standard InChI is InChI=1S/C12H10IN3O3/c13-6-8-4-11(16(17)18)12(15-7-8)19-10-3-1-2-9(14)5-10/h1-5,7H,6,14H2. The van der Waals surface area contributed by atoms with Crippen LogP contribution in [0.2, 0.25) is 0 Å². The summed E-state index contributed by atoms with van der Waals surface area (Å²) in [4.78, 5) is 14.5. The summed E-state index contributed by atoms with van der Waals surface area (Å²) in [5.41, 5.74) is 6.75. The molecule has 0 aliphatic rings. The molecular weight excluding hydrogens is 361 g/mol. The van der Waals surface area contributed by atoms with Crippen LogP contribution < -0.4 is 10.5 Å². The van der Waals surface area contributed by atoms with E-state index in [1.807, 2.05) is 0 Å². The second-order valence-corrected chi connectivity index (χ2v) is 4.50. The maximum absolute atomic E-state index is 11.0. The van der Waals surface area contributed by atoms with Crippen LogP contribution >= 0.6 is 22.6 Å². The number of nitrogens with zero attached hydrogens (tertiary/aromatic N) is 2. The van der Waals surface area contributed by atoms with Gasteiger partial charge in [-0.15, -0.1) is 0 Å². The predicted molar refractivity (Wildman–Crippen MR) is 79.5 cm³/mol. The SMILES string of the molecule is Nc1cccc(Oc2ncc(CI)cc2[N+](=O)[O-])c1. The van der Waals surface area contributed by atoms with E-state index in [0.717, 1.165) is 5.56 Å². The third-order valence-electron chi connectivity index (χ3n) is 2.31. The molecule has 2 N–H and O–H groups in total. The minimum atomic E-state index is -0.509. The van der Waals surface area contributed by atoms with E-state index in [9.17, 15) is 10.1 Å². The molecule has 1 heterocycles. The number of ether oxygens (including phenoxy) is 1. The van der Waals surface area contributed by atoms with Gasteiger partial charge in [0.05, 0.1) is 4.92 Å². The number of aromatic nitrogens is 1. The largest absolute Gasteiger partial charge is 0.434 e. The molecule has 19 heavy (non-hydrogen) atoms. The first-order chi connectivity index (χ1) is 9.10. The first-order valence-electron chi connectivity index (χ1n) is 5.33. The smallest absolute Gasteiger partial charge is 0.331 e. The summed E-state index contributed by atoms with van der Waals surface area (Å²) < 4.78 is 6.06. The molecule has 0 spiro atoms. The monoisotopic (exact) mass is 371 g/mol. The zero-order chi connectivity index (χ0) is 13.8. The molecule has 0 aliphatic carbocycles. The highest BCUT2D eigenvalue weighted by Crippen LogP contribution is 2.30. The van der Waals surface area contributed by atoms with E-state index in [4.69, 9.17) is 10.5 Å². The van der Waals surface area contributed by atoms with Crippen molar-refractivity contribution in [3.63, 3.8) is 0 Å². The van der Waals surface area contributed by atoms with Gasteiger partial charge in [-0.1, -0.05) is 28.7 Å². The lowest BCUT2D eigenvalue weighted by Gasteiger charge is -2.06. The van der Waals surface area contributed by atoms with Gasteiger partial charge in [0.1, 0.15) is 5.75 Å². The number of benzene rings is 1. The molecule has 0 bridgehead atoms. The summed E-state index contributed by atoms with van der Waals surface area (Å²) in [7, 11) is 0. The fourth-order valence-electron chi connectivity index (χ4n) is 1.45. The van der Waals surface area contributed by atoms with Crippen LogP contribution in [0.4, 0.5) is 11.4 Å². The number of halogens is 1.